The summed E-state index contributed by atoms with van der Waals surface area (Å²) in [6.45, 7) is 1.97. The van der Waals surface area contributed by atoms with Crippen LogP contribution in [-0.4, -0.2) is 15.1 Å². The van der Waals surface area contributed by atoms with Gasteiger partial charge >= 0.3 is 0 Å². The molecule has 0 amide bonds. The number of fused-ring (bicyclic) bond motifs is 1. The van der Waals surface area contributed by atoms with Crippen LogP contribution in [0.2, 0.25) is 0 Å². The molecule has 2 aromatic carbocycles. The van der Waals surface area contributed by atoms with E-state index >= 15 is 0 Å². The molecule has 3 aromatic rings. The highest BCUT2D eigenvalue weighted by atomic mass is 16.6. The summed E-state index contributed by atoms with van der Waals surface area (Å²) in [5, 5.41) is 22.1. The number of hydrogen-bond acceptors (Lipinski definition) is 4. The maximum Gasteiger partial charge on any atom is 0.269 e. The van der Waals surface area contributed by atoms with Gasteiger partial charge in [-0.1, -0.05) is 12.1 Å². The van der Waals surface area contributed by atoms with E-state index in [1.54, 1.807) is 18.3 Å². The van der Waals surface area contributed by atoms with Gasteiger partial charge in [-0.25, -0.2) is 0 Å². The molecule has 0 saturated heterocycles. The largest absolute Gasteiger partial charge is 0.378 e. The van der Waals surface area contributed by atoms with Gasteiger partial charge in [0.1, 0.15) is 0 Å². The van der Waals surface area contributed by atoms with Crippen molar-refractivity contribution in [1.82, 2.24) is 10.2 Å². The first-order valence-corrected chi connectivity index (χ1v) is 6.57. The lowest BCUT2D eigenvalue weighted by Crippen LogP contribution is -2.06. The molecule has 6 heteroatoms. The third-order valence-electron chi connectivity index (χ3n) is 3.41. The lowest BCUT2D eigenvalue weighted by atomic mass is 10.1. The minimum Gasteiger partial charge on any atom is -0.378 e. The number of anilines is 1. The van der Waals surface area contributed by atoms with Crippen molar-refractivity contribution in [2.75, 3.05) is 5.32 Å². The molecule has 1 heterocycles. The first kappa shape index (κ1) is 13.1. The number of nitrogens with one attached hydrogen (secondary N) is 2. The van der Waals surface area contributed by atoms with E-state index < -0.39 is 0 Å². The van der Waals surface area contributed by atoms with Crippen LogP contribution in [0.3, 0.4) is 0 Å². The van der Waals surface area contributed by atoms with Crippen molar-refractivity contribution >= 4 is 22.3 Å². The second-order valence-electron chi connectivity index (χ2n) is 4.89. The van der Waals surface area contributed by atoms with Crippen LogP contribution < -0.4 is 5.32 Å². The number of hydrogen-bond donors (Lipinski definition) is 2. The molecule has 0 radical (unpaired) electrons. The maximum absolute atomic E-state index is 10.8. The Balaban J connectivity index is 1.83. The van der Waals surface area contributed by atoms with Gasteiger partial charge in [0, 0.05) is 29.2 Å². The minimum atomic E-state index is -0.382. The van der Waals surface area contributed by atoms with Gasteiger partial charge < -0.3 is 5.32 Å². The van der Waals surface area contributed by atoms with Crippen molar-refractivity contribution in [2.24, 2.45) is 0 Å². The summed E-state index contributed by atoms with van der Waals surface area (Å²) >= 11 is 0. The van der Waals surface area contributed by atoms with Gasteiger partial charge in [0.25, 0.3) is 5.69 Å². The monoisotopic (exact) mass is 282 g/mol. The van der Waals surface area contributed by atoms with Crippen LogP contribution in [0, 0.1) is 10.1 Å². The minimum absolute atomic E-state index is 0.0368. The zero-order valence-corrected chi connectivity index (χ0v) is 11.4. The number of H-pyrrole nitrogens is 1. The summed E-state index contributed by atoms with van der Waals surface area (Å²) in [6, 6.07) is 12.5. The zero-order valence-electron chi connectivity index (χ0n) is 11.4. The molecule has 106 valence electrons. The number of nitro groups is 1. The lowest BCUT2D eigenvalue weighted by Gasteiger charge is -2.15. The summed E-state index contributed by atoms with van der Waals surface area (Å²) in [5.74, 6) is 0. The van der Waals surface area contributed by atoms with E-state index in [0.717, 1.165) is 22.2 Å². The van der Waals surface area contributed by atoms with Crippen LogP contribution in [0.1, 0.15) is 18.5 Å². The molecule has 0 aliphatic carbocycles. The molecule has 3 rings (SSSR count). The second kappa shape index (κ2) is 5.24. The Kier molecular flexibility index (Phi) is 3.27. The molecule has 0 aliphatic heterocycles. The summed E-state index contributed by atoms with van der Waals surface area (Å²) < 4.78 is 0. The first-order chi connectivity index (χ1) is 10.1. The summed E-state index contributed by atoms with van der Waals surface area (Å²) in [5.41, 5.74) is 2.86. The van der Waals surface area contributed by atoms with Crippen molar-refractivity contribution < 1.29 is 4.92 Å². The van der Waals surface area contributed by atoms with Gasteiger partial charge in [-0.2, -0.15) is 5.10 Å². The van der Waals surface area contributed by atoms with Gasteiger partial charge in [0.2, 0.25) is 0 Å². The van der Waals surface area contributed by atoms with Crippen LogP contribution in [0.15, 0.2) is 48.7 Å². The topological polar surface area (TPSA) is 83.8 Å². The van der Waals surface area contributed by atoms with Crippen LogP contribution >= 0.6 is 0 Å². The van der Waals surface area contributed by atoms with Gasteiger partial charge in [0.15, 0.2) is 0 Å². The van der Waals surface area contributed by atoms with E-state index in [9.17, 15) is 10.1 Å². The number of aromatic nitrogens is 2. The Labute approximate surface area is 121 Å². The second-order valence-corrected chi connectivity index (χ2v) is 4.89. The summed E-state index contributed by atoms with van der Waals surface area (Å²) in [7, 11) is 0. The number of nitro benzene ring substituents is 1. The third kappa shape index (κ3) is 2.69. The Morgan fingerprint density at radius 2 is 2.14 bits per heavy atom. The van der Waals surface area contributed by atoms with Crippen molar-refractivity contribution in [3.05, 3.63) is 64.3 Å². The first-order valence-electron chi connectivity index (χ1n) is 6.57. The zero-order chi connectivity index (χ0) is 14.8. The highest BCUT2D eigenvalue weighted by Crippen LogP contribution is 2.24. The molecule has 0 aliphatic rings. The molecule has 21 heavy (non-hydrogen) atoms. The average molecular weight is 282 g/mol. The number of aromatic amines is 1. The van der Waals surface area contributed by atoms with Gasteiger partial charge in [-0.3, -0.25) is 15.2 Å². The van der Waals surface area contributed by atoms with Crippen LogP contribution in [0.4, 0.5) is 11.4 Å². The Morgan fingerprint density at radius 3 is 2.95 bits per heavy atom. The van der Waals surface area contributed by atoms with Crippen molar-refractivity contribution in [2.45, 2.75) is 13.0 Å². The van der Waals surface area contributed by atoms with Crippen LogP contribution in [0.25, 0.3) is 10.9 Å². The van der Waals surface area contributed by atoms with E-state index in [4.69, 9.17) is 0 Å². The Hall–Kier alpha value is -2.89. The predicted octanol–water partition coefficient (Wildman–Crippen LogP) is 3.64. The fourth-order valence-corrected chi connectivity index (χ4v) is 2.27. The molecular weight excluding hydrogens is 268 g/mol. The Bertz CT molecular complexity index is 797. The lowest BCUT2D eigenvalue weighted by molar-refractivity contribution is -0.384. The van der Waals surface area contributed by atoms with Crippen molar-refractivity contribution in [1.29, 1.82) is 0 Å². The highest BCUT2D eigenvalue weighted by Gasteiger charge is 2.11. The third-order valence-corrected chi connectivity index (χ3v) is 3.41. The molecule has 2 N–H and O–H groups in total. The average Bonchev–Trinajstić information content (AvgIpc) is 2.95. The van der Waals surface area contributed by atoms with Gasteiger partial charge in [-0.05, 0) is 30.7 Å². The van der Waals surface area contributed by atoms with E-state index in [1.165, 1.54) is 6.07 Å². The molecular formula is C15H14N4O2. The SMILES string of the molecule is CC(Nc1ccc2cn[nH]c2c1)c1cccc([N+](=O)[O-])c1. The molecule has 1 aromatic heterocycles. The summed E-state index contributed by atoms with van der Waals surface area (Å²) in [4.78, 5) is 10.4. The highest BCUT2D eigenvalue weighted by molar-refractivity contribution is 5.81. The Morgan fingerprint density at radius 1 is 1.29 bits per heavy atom. The number of non-ortho nitro benzene ring substituents is 1. The standard InChI is InChI=1S/C15H14N4O2/c1-10(11-3-2-4-14(7-11)19(20)21)17-13-6-5-12-9-16-18-15(12)8-13/h2-10,17H,1H3,(H,16,18). The summed E-state index contributed by atoms with van der Waals surface area (Å²) in [6.07, 6.45) is 1.77. The molecule has 0 saturated carbocycles. The molecule has 1 unspecified atom stereocenters. The molecule has 0 fully saturated rings. The number of nitrogens with zero attached hydrogens (tertiary/aromatic N) is 2. The van der Waals surface area contributed by atoms with Crippen molar-refractivity contribution in [3.8, 4) is 0 Å². The van der Waals surface area contributed by atoms with Crippen molar-refractivity contribution in [3.63, 3.8) is 0 Å². The molecule has 0 bridgehead atoms. The normalized spacial score (nSPS) is 12.2. The quantitative estimate of drug-likeness (QED) is 0.565. The smallest absolute Gasteiger partial charge is 0.269 e. The van der Waals surface area contributed by atoms with E-state index in [1.807, 2.05) is 31.2 Å². The molecule has 1 atom stereocenters. The maximum atomic E-state index is 10.8. The van der Waals surface area contributed by atoms with E-state index in [0.29, 0.717) is 0 Å². The predicted molar refractivity (Wildman–Crippen MR) is 81.2 cm³/mol. The fraction of sp³-hybridized carbons (Fsp3) is 0.133. The number of benzene rings is 2. The molecule has 6 nitrogen and oxygen atoms in total. The van der Waals surface area contributed by atoms with Gasteiger partial charge in [0.05, 0.1) is 16.6 Å². The number of rotatable bonds is 4. The van der Waals surface area contributed by atoms with Crippen LogP contribution in [0.5, 0.6) is 0 Å². The van der Waals surface area contributed by atoms with Gasteiger partial charge in [-0.15, -0.1) is 0 Å². The van der Waals surface area contributed by atoms with E-state index in [-0.39, 0.29) is 16.7 Å². The van der Waals surface area contributed by atoms with Crippen LogP contribution in [-0.2, 0) is 0 Å². The fourth-order valence-electron chi connectivity index (χ4n) is 2.27. The molecule has 0 spiro atoms. The van der Waals surface area contributed by atoms with E-state index in [2.05, 4.69) is 15.5 Å².